The summed E-state index contributed by atoms with van der Waals surface area (Å²) in [6.07, 6.45) is 3.06. The van der Waals surface area contributed by atoms with E-state index in [1.807, 2.05) is 0 Å². The maximum Gasteiger partial charge on any atom is 0.179 e. The summed E-state index contributed by atoms with van der Waals surface area (Å²) >= 11 is 0. The Balaban J connectivity index is 2.37. The minimum atomic E-state index is 0.365. The largest absolute Gasteiger partial charge is 0.489 e. The van der Waals surface area contributed by atoms with Gasteiger partial charge in [-0.15, -0.1) is 0 Å². The van der Waals surface area contributed by atoms with Gasteiger partial charge in [0, 0.05) is 12.5 Å². The van der Waals surface area contributed by atoms with Crippen molar-refractivity contribution in [2.45, 2.75) is 6.42 Å². The van der Waals surface area contributed by atoms with Gasteiger partial charge >= 0.3 is 0 Å². The molecule has 0 bridgehead atoms. The molecule has 0 saturated carbocycles. The summed E-state index contributed by atoms with van der Waals surface area (Å²) in [5.41, 5.74) is 0.365. The van der Waals surface area contributed by atoms with Gasteiger partial charge in [0.2, 0.25) is 0 Å². The second-order valence-electron chi connectivity index (χ2n) is 2.72. The molecule has 0 amide bonds. The Labute approximate surface area is 75.5 Å². The Morgan fingerprint density at radius 3 is 2.85 bits per heavy atom. The van der Waals surface area contributed by atoms with Gasteiger partial charge in [-0.1, -0.05) is 0 Å². The highest BCUT2D eigenvalue weighted by Crippen LogP contribution is 2.28. The van der Waals surface area contributed by atoms with Crippen LogP contribution in [0.2, 0.25) is 0 Å². The van der Waals surface area contributed by atoms with Crippen molar-refractivity contribution < 1.29 is 14.3 Å². The maximum atomic E-state index is 10.4. The molecule has 0 atom stereocenters. The van der Waals surface area contributed by atoms with E-state index in [1.54, 1.807) is 6.07 Å². The van der Waals surface area contributed by atoms with Gasteiger partial charge in [0.05, 0.1) is 19.4 Å². The SMILES string of the molecule is O=Cc1cc2c(cn1)OCCCO2. The summed E-state index contributed by atoms with van der Waals surface area (Å²) in [5.74, 6) is 1.22. The molecule has 68 valence electrons. The summed E-state index contributed by atoms with van der Waals surface area (Å²) in [7, 11) is 0. The molecule has 0 fully saturated rings. The molecule has 1 aromatic heterocycles. The summed E-state index contributed by atoms with van der Waals surface area (Å²) < 4.78 is 10.7. The Bertz CT molecular complexity index is 325. The van der Waals surface area contributed by atoms with E-state index in [-0.39, 0.29) is 0 Å². The predicted molar refractivity (Wildman–Crippen MR) is 45.2 cm³/mol. The van der Waals surface area contributed by atoms with Crippen LogP contribution in [0, 0.1) is 0 Å². The number of carbonyl (C=O) groups excluding carboxylic acids is 1. The molecule has 4 heteroatoms. The second kappa shape index (κ2) is 3.43. The van der Waals surface area contributed by atoms with Crippen LogP contribution in [0.3, 0.4) is 0 Å². The molecule has 2 rings (SSSR count). The highest BCUT2D eigenvalue weighted by molar-refractivity contribution is 5.73. The average Bonchev–Trinajstić information content (AvgIpc) is 2.41. The Morgan fingerprint density at radius 1 is 1.31 bits per heavy atom. The Hall–Kier alpha value is -1.58. The summed E-state index contributed by atoms with van der Waals surface area (Å²) in [4.78, 5) is 14.3. The molecule has 1 aliphatic rings. The predicted octanol–water partition coefficient (Wildman–Crippen LogP) is 1.06. The number of pyridine rings is 1. The fraction of sp³-hybridized carbons (Fsp3) is 0.333. The van der Waals surface area contributed by atoms with Gasteiger partial charge in [0.1, 0.15) is 5.69 Å². The number of rotatable bonds is 1. The summed E-state index contributed by atoms with van der Waals surface area (Å²) in [5, 5.41) is 0. The van der Waals surface area contributed by atoms with Gasteiger partial charge in [-0.25, -0.2) is 4.98 Å². The number of nitrogens with zero attached hydrogens (tertiary/aromatic N) is 1. The van der Waals surface area contributed by atoms with Gasteiger partial charge in [-0.3, -0.25) is 4.79 Å². The van der Waals surface area contributed by atoms with Crippen LogP contribution in [0.5, 0.6) is 11.5 Å². The fourth-order valence-corrected chi connectivity index (χ4v) is 1.15. The normalized spacial score (nSPS) is 14.8. The zero-order valence-electron chi connectivity index (χ0n) is 7.03. The van der Waals surface area contributed by atoms with Crippen molar-refractivity contribution in [1.82, 2.24) is 4.98 Å². The first kappa shape index (κ1) is 8.04. The molecule has 4 nitrogen and oxygen atoms in total. The van der Waals surface area contributed by atoms with Crippen molar-refractivity contribution in [3.63, 3.8) is 0 Å². The van der Waals surface area contributed by atoms with Gasteiger partial charge in [0.25, 0.3) is 0 Å². The standard InChI is InChI=1S/C9H9NO3/c11-6-7-4-8-9(5-10-7)13-3-1-2-12-8/h4-6H,1-3H2. The third-order valence-electron chi connectivity index (χ3n) is 1.78. The molecule has 0 saturated heterocycles. The van der Waals surface area contributed by atoms with Crippen LogP contribution in [0.25, 0.3) is 0 Å². The van der Waals surface area contributed by atoms with Crippen molar-refractivity contribution in [1.29, 1.82) is 0 Å². The highest BCUT2D eigenvalue weighted by atomic mass is 16.5. The topological polar surface area (TPSA) is 48.4 Å². The van der Waals surface area contributed by atoms with E-state index >= 15 is 0 Å². The second-order valence-corrected chi connectivity index (χ2v) is 2.72. The third kappa shape index (κ3) is 1.61. The van der Waals surface area contributed by atoms with Crippen molar-refractivity contribution in [3.8, 4) is 11.5 Å². The van der Waals surface area contributed by atoms with E-state index in [9.17, 15) is 4.79 Å². The smallest absolute Gasteiger partial charge is 0.179 e. The Morgan fingerprint density at radius 2 is 2.08 bits per heavy atom. The number of hydrogen-bond donors (Lipinski definition) is 0. The molecule has 0 radical (unpaired) electrons. The molecule has 1 aromatic rings. The molecule has 0 aliphatic carbocycles. The van der Waals surface area contributed by atoms with Crippen LogP contribution in [-0.4, -0.2) is 24.5 Å². The lowest BCUT2D eigenvalue weighted by molar-refractivity contribution is 0.111. The van der Waals surface area contributed by atoms with Crippen LogP contribution in [0.1, 0.15) is 16.9 Å². The number of aromatic nitrogens is 1. The number of aldehydes is 1. The molecule has 0 spiro atoms. The van der Waals surface area contributed by atoms with Crippen molar-refractivity contribution in [2.75, 3.05) is 13.2 Å². The van der Waals surface area contributed by atoms with Gasteiger partial charge in [-0.2, -0.15) is 0 Å². The van der Waals surface area contributed by atoms with Crippen LogP contribution < -0.4 is 9.47 Å². The molecule has 2 heterocycles. The van der Waals surface area contributed by atoms with Crippen LogP contribution in [0.4, 0.5) is 0 Å². The van der Waals surface area contributed by atoms with Crippen LogP contribution >= 0.6 is 0 Å². The highest BCUT2D eigenvalue weighted by Gasteiger charge is 2.10. The van der Waals surface area contributed by atoms with E-state index in [4.69, 9.17) is 9.47 Å². The zero-order chi connectivity index (χ0) is 9.10. The minimum Gasteiger partial charge on any atom is -0.489 e. The van der Waals surface area contributed by atoms with E-state index in [0.29, 0.717) is 36.7 Å². The number of ether oxygens (including phenoxy) is 2. The number of fused-ring (bicyclic) bond motifs is 1. The summed E-state index contributed by atoms with van der Waals surface area (Å²) in [6, 6.07) is 1.59. The van der Waals surface area contributed by atoms with Gasteiger partial charge in [0.15, 0.2) is 17.8 Å². The summed E-state index contributed by atoms with van der Waals surface area (Å²) in [6.45, 7) is 1.25. The lowest BCUT2D eigenvalue weighted by atomic mass is 10.3. The van der Waals surface area contributed by atoms with Gasteiger partial charge < -0.3 is 9.47 Å². The number of hydrogen-bond acceptors (Lipinski definition) is 4. The van der Waals surface area contributed by atoms with Crippen molar-refractivity contribution in [2.24, 2.45) is 0 Å². The maximum absolute atomic E-state index is 10.4. The molecule has 0 N–H and O–H groups in total. The zero-order valence-corrected chi connectivity index (χ0v) is 7.03. The first-order valence-corrected chi connectivity index (χ1v) is 4.11. The van der Waals surface area contributed by atoms with E-state index in [0.717, 1.165) is 6.42 Å². The third-order valence-corrected chi connectivity index (χ3v) is 1.78. The fourth-order valence-electron chi connectivity index (χ4n) is 1.15. The molecule has 1 aliphatic heterocycles. The minimum absolute atomic E-state index is 0.365. The van der Waals surface area contributed by atoms with Gasteiger partial charge in [-0.05, 0) is 0 Å². The lowest BCUT2D eigenvalue weighted by Gasteiger charge is -2.05. The molecule has 0 unspecified atom stereocenters. The van der Waals surface area contributed by atoms with Crippen LogP contribution in [0.15, 0.2) is 12.3 Å². The average molecular weight is 179 g/mol. The van der Waals surface area contributed by atoms with Crippen molar-refractivity contribution in [3.05, 3.63) is 18.0 Å². The molecule has 13 heavy (non-hydrogen) atoms. The van der Waals surface area contributed by atoms with Crippen LogP contribution in [-0.2, 0) is 0 Å². The lowest BCUT2D eigenvalue weighted by Crippen LogP contribution is -1.97. The van der Waals surface area contributed by atoms with E-state index < -0.39 is 0 Å². The number of carbonyl (C=O) groups is 1. The first-order chi connectivity index (χ1) is 6.40. The molecular formula is C9H9NO3. The first-order valence-electron chi connectivity index (χ1n) is 4.11. The monoisotopic (exact) mass is 179 g/mol. The van der Waals surface area contributed by atoms with Crippen molar-refractivity contribution >= 4 is 6.29 Å². The Kier molecular flexibility index (Phi) is 2.12. The quantitative estimate of drug-likeness (QED) is 0.605. The van der Waals surface area contributed by atoms with E-state index in [2.05, 4.69) is 4.98 Å². The molecule has 0 aromatic carbocycles. The van der Waals surface area contributed by atoms with E-state index in [1.165, 1.54) is 6.20 Å². The molecular weight excluding hydrogens is 170 g/mol.